The van der Waals surface area contributed by atoms with Gasteiger partial charge in [0.25, 0.3) is 0 Å². The summed E-state index contributed by atoms with van der Waals surface area (Å²) in [6.07, 6.45) is 1.97. The fraction of sp³-hybridized carbons (Fsp3) is 0.333. The largest absolute Gasteiger partial charge is 0.484 e. The summed E-state index contributed by atoms with van der Waals surface area (Å²) in [6.45, 7) is 4.48. The van der Waals surface area contributed by atoms with Gasteiger partial charge in [0.2, 0.25) is 5.91 Å². The van der Waals surface area contributed by atoms with Crippen LogP contribution in [0.2, 0.25) is 10.0 Å². The van der Waals surface area contributed by atoms with Gasteiger partial charge in [0.15, 0.2) is 0 Å². The van der Waals surface area contributed by atoms with Crippen LogP contribution in [0.5, 0.6) is 5.75 Å². The van der Waals surface area contributed by atoms with Gasteiger partial charge in [-0.05, 0) is 43.7 Å². The maximum Gasteiger partial charge on any atom is 0.240 e. The molecule has 0 fully saturated rings. The molecular weight excluding hydrogens is 397 g/mol. The van der Waals surface area contributed by atoms with Crippen molar-refractivity contribution in [2.24, 2.45) is 0 Å². The molecule has 0 aliphatic heterocycles. The number of hydrogen-bond donors (Lipinski definition) is 1. The van der Waals surface area contributed by atoms with Crippen LogP contribution in [0.15, 0.2) is 42.5 Å². The summed E-state index contributed by atoms with van der Waals surface area (Å²) < 4.78 is 7.73. The van der Waals surface area contributed by atoms with Crippen LogP contribution in [-0.2, 0) is 17.9 Å². The van der Waals surface area contributed by atoms with Crippen molar-refractivity contribution >= 4 is 40.1 Å². The van der Waals surface area contributed by atoms with Crippen molar-refractivity contribution in [2.75, 3.05) is 0 Å². The van der Waals surface area contributed by atoms with Crippen LogP contribution in [-0.4, -0.2) is 21.5 Å². The van der Waals surface area contributed by atoms with E-state index >= 15 is 0 Å². The summed E-state index contributed by atoms with van der Waals surface area (Å²) >= 11 is 12.1. The Morgan fingerprint density at radius 1 is 1.25 bits per heavy atom. The van der Waals surface area contributed by atoms with Crippen LogP contribution in [0.1, 0.15) is 32.5 Å². The van der Waals surface area contributed by atoms with Gasteiger partial charge < -0.3 is 14.6 Å². The second-order valence-corrected chi connectivity index (χ2v) is 7.57. The summed E-state index contributed by atoms with van der Waals surface area (Å²) in [5, 5.41) is 4.01. The molecule has 0 saturated heterocycles. The summed E-state index contributed by atoms with van der Waals surface area (Å²) in [7, 11) is 0. The Balaban J connectivity index is 1.81. The van der Waals surface area contributed by atoms with Gasteiger partial charge >= 0.3 is 0 Å². The Hall–Kier alpha value is -2.24. The number of para-hydroxylation sites is 2. The number of carbonyl (C=O) groups is 1. The number of halogens is 2. The third-order valence-electron chi connectivity index (χ3n) is 4.42. The molecule has 0 aliphatic carbocycles. The van der Waals surface area contributed by atoms with Gasteiger partial charge in [0, 0.05) is 11.1 Å². The Labute approximate surface area is 174 Å². The SMILES string of the molecule is CCC[C@@H](C)NC(=O)Cn1c(COc2ccc(Cl)cc2Cl)nc2ccccc21. The number of benzene rings is 2. The lowest BCUT2D eigenvalue weighted by atomic mass is 10.2. The number of hydrogen-bond acceptors (Lipinski definition) is 3. The van der Waals surface area contributed by atoms with Crippen molar-refractivity contribution in [3.05, 3.63) is 58.3 Å². The Morgan fingerprint density at radius 3 is 2.79 bits per heavy atom. The van der Waals surface area contributed by atoms with Crippen LogP contribution in [0.4, 0.5) is 0 Å². The van der Waals surface area contributed by atoms with E-state index in [9.17, 15) is 4.79 Å². The number of nitrogens with one attached hydrogen (secondary N) is 1. The van der Waals surface area contributed by atoms with Crippen molar-refractivity contribution in [3.8, 4) is 5.75 Å². The highest BCUT2D eigenvalue weighted by molar-refractivity contribution is 6.35. The molecule has 3 rings (SSSR count). The summed E-state index contributed by atoms with van der Waals surface area (Å²) in [6, 6.07) is 12.9. The van der Waals surface area contributed by atoms with Crippen LogP contribution >= 0.6 is 23.2 Å². The quantitative estimate of drug-likeness (QED) is 0.543. The number of ether oxygens (including phenoxy) is 1. The molecule has 0 unspecified atom stereocenters. The number of imidazole rings is 1. The number of aromatic nitrogens is 2. The smallest absolute Gasteiger partial charge is 0.240 e. The lowest BCUT2D eigenvalue weighted by Gasteiger charge is -2.15. The van der Waals surface area contributed by atoms with E-state index in [-0.39, 0.29) is 25.1 Å². The lowest BCUT2D eigenvalue weighted by Crippen LogP contribution is -2.35. The first kappa shape index (κ1) is 20.5. The molecule has 7 heteroatoms. The third-order valence-corrected chi connectivity index (χ3v) is 4.95. The van der Waals surface area contributed by atoms with Gasteiger partial charge in [-0.15, -0.1) is 0 Å². The second kappa shape index (κ2) is 9.30. The molecule has 28 heavy (non-hydrogen) atoms. The predicted octanol–water partition coefficient (Wildman–Crippen LogP) is 5.23. The van der Waals surface area contributed by atoms with E-state index in [4.69, 9.17) is 27.9 Å². The van der Waals surface area contributed by atoms with Crippen LogP contribution in [0.25, 0.3) is 11.0 Å². The molecule has 1 aromatic heterocycles. The number of rotatable bonds is 8. The molecule has 3 aromatic rings. The van der Waals surface area contributed by atoms with Gasteiger partial charge in [0.05, 0.1) is 16.1 Å². The van der Waals surface area contributed by atoms with E-state index < -0.39 is 0 Å². The van der Waals surface area contributed by atoms with Crippen LogP contribution in [0, 0.1) is 0 Å². The highest BCUT2D eigenvalue weighted by atomic mass is 35.5. The topological polar surface area (TPSA) is 56.2 Å². The molecule has 1 heterocycles. The Morgan fingerprint density at radius 2 is 2.04 bits per heavy atom. The number of nitrogens with zero attached hydrogens (tertiary/aromatic N) is 2. The van der Waals surface area contributed by atoms with Crippen LogP contribution < -0.4 is 10.1 Å². The zero-order valence-electron chi connectivity index (χ0n) is 15.9. The Kier molecular flexibility index (Phi) is 6.81. The molecule has 1 atom stereocenters. The molecule has 0 radical (unpaired) electrons. The summed E-state index contributed by atoms with van der Waals surface area (Å²) in [5.74, 6) is 1.13. The number of amides is 1. The van der Waals surface area contributed by atoms with Gasteiger partial charge in [-0.3, -0.25) is 4.79 Å². The second-order valence-electron chi connectivity index (χ2n) is 6.72. The maximum absolute atomic E-state index is 12.5. The molecule has 0 spiro atoms. The maximum atomic E-state index is 12.5. The minimum Gasteiger partial charge on any atom is -0.484 e. The van der Waals surface area contributed by atoms with Gasteiger partial charge in [0.1, 0.15) is 24.7 Å². The fourth-order valence-electron chi connectivity index (χ4n) is 3.12. The van der Waals surface area contributed by atoms with Crippen molar-refractivity contribution < 1.29 is 9.53 Å². The van der Waals surface area contributed by atoms with E-state index in [0.717, 1.165) is 23.9 Å². The van der Waals surface area contributed by atoms with Crippen LogP contribution in [0.3, 0.4) is 0 Å². The average Bonchev–Trinajstić information content (AvgIpc) is 2.98. The highest BCUT2D eigenvalue weighted by Crippen LogP contribution is 2.28. The third kappa shape index (κ3) is 4.97. The van der Waals surface area contributed by atoms with E-state index in [1.165, 1.54) is 0 Å². The van der Waals surface area contributed by atoms with E-state index in [2.05, 4.69) is 17.2 Å². The van der Waals surface area contributed by atoms with E-state index in [0.29, 0.717) is 21.6 Å². The minimum atomic E-state index is -0.0464. The fourth-order valence-corrected chi connectivity index (χ4v) is 3.58. The minimum absolute atomic E-state index is 0.0464. The lowest BCUT2D eigenvalue weighted by molar-refractivity contribution is -0.122. The molecule has 5 nitrogen and oxygen atoms in total. The van der Waals surface area contributed by atoms with Crippen molar-refractivity contribution in [1.82, 2.24) is 14.9 Å². The average molecular weight is 420 g/mol. The molecule has 0 bridgehead atoms. The van der Waals surface area contributed by atoms with Gasteiger partial charge in [-0.25, -0.2) is 4.98 Å². The monoisotopic (exact) mass is 419 g/mol. The molecule has 0 saturated carbocycles. The summed E-state index contributed by atoms with van der Waals surface area (Å²) in [4.78, 5) is 17.2. The standard InChI is InChI=1S/C21H23Cl2N3O2/c1-3-6-14(2)24-21(27)12-26-18-8-5-4-7-17(18)25-20(26)13-28-19-10-9-15(22)11-16(19)23/h4-5,7-11,14H,3,6,12-13H2,1-2H3,(H,24,27)/t14-/m1/s1. The highest BCUT2D eigenvalue weighted by Gasteiger charge is 2.16. The summed E-state index contributed by atoms with van der Waals surface area (Å²) in [5.41, 5.74) is 1.71. The van der Waals surface area contributed by atoms with Crippen molar-refractivity contribution in [3.63, 3.8) is 0 Å². The van der Waals surface area contributed by atoms with Crippen molar-refractivity contribution in [2.45, 2.75) is 45.9 Å². The van der Waals surface area contributed by atoms with E-state index in [1.807, 2.05) is 35.8 Å². The molecule has 1 N–H and O–H groups in total. The normalized spacial score (nSPS) is 12.1. The predicted molar refractivity (Wildman–Crippen MR) is 113 cm³/mol. The van der Waals surface area contributed by atoms with Crippen molar-refractivity contribution in [1.29, 1.82) is 0 Å². The first-order chi connectivity index (χ1) is 13.5. The molecule has 1 amide bonds. The van der Waals surface area contributed by atoms with Gasteiger partial charge in [-0.1, -0.05) is 48.7 Å². The van der Waals surface area contributed by atoms with E-state index in [1.54, 1.807) is 18.2 Å². The molecule has 0 aliphatic rings. The molecule has 2 aromatic carbocycles. The zero-order valence-corrected chi connectivity index (χ0v) is 17.4. The Bertz CT molecular complexity index is 971. The number of fused-ring (bicyclic) bond motifs is 1. The molecule has 148 valence electrons. The first-order valence-corrected chi connectivity index (χ1v) is 10.0. The first-order valence-electron chi connectivity index (χ1n) is 9.29. The van der Waals surface area contributed by atoms with Gasteiger partial charge in [-0.2, -0.15) is 0 Å². The zero-order chi connectivity index (χ0) is 20.1. The molecular formula is C21H23Cl2N3O2. The number of carbonyl (C=O) groups excluding carboxylic acids is 1.